The van der Waals surface area contributed by atoms with Crippen LogP contribution < -0.4 is 4.90 Å². The van der Waals surface area contributed by atoms with Crippen LogP contribution in [0.1, 0.15) is 22.3 Å². The van der Waals surface area contributed by atoms with E-state index >= 15 is 0 Å². The summed E-state index contributed by atoms with van der Waals surface area (Å²) in [6.45, 7) is 0. The zero-order valence-electron chi connectivity index (χ0n) is 30.3. The highest BCUT2D eigenvalue weighted by atomic mass is 32.2. The van der Waals surface area contributed by atoms with Crippen molar-refractivity contribution in [3.63, 3.8) is 0 Å². The van der Waals surface area contributed by atoms with Crippen LogP contribution in [0.15, 0.2) is 214 Å². The minimum Gasteiger partial charge on any atom is -0.456 e. The first kappa shape index (κ1) is 31.5. The maximum Gasteiger partial charge on any atom is 0.136 e. The smallest absolute Gasteiger partial charge is 0.136 e. The molecule has 0 radical (unpaired) electrons. The molecule has 9 aromatic carbocycles. The lowest BCUT2D eigenvalue weighted by molar-refractivity contribution is 0.669. The molecule has 12 rings (SSSR count). The van der Waals surface area contributed by atoms with Crippen molar-refractivity contribution in [2.75, 3.05) is 4.90 Å². The van der Waals surface area contributed by atoms with Crippen LogP contribution >= 0.6 is 11.8 Å². The summed E-state index contributed by atoms with van der Waals surface area (Å²) < 4.78 is 6.26. The fourth-order valence-electron chi connectivity index (χ4n) is 9.54. The van der Waals surface area contributed by atoms with E-state index in [0.29, 0.717) is 0 Å². The largest absolute Gasteiger partial charge is 0.456 e. The van der Waals surface area contributed by atoms with Crippen LogP contribution in [0.2, 0.25) is 0 Å². The summed E-state index contributed by atoms with van der Waals surface area (Å²) in [6, 6.07) is 73.4. The second kappa shape index (κ2) is 12.1. The highest BCUT2D eigenvalue weighted by Gasteiger charge is 2.50. The second-order valence-corrected chi connectivity index (χ2v) is 15.9. The molecule has 0 atom stereocenters. The van der Waals surface area contributed by atoms with Crippen LogP contribution in [-0.2, 0) is 5.41 Å². The third-order valence-electron chi connectivity index (χ3n) is 11.9. The second-order valence-electron chi connectivity index (χ2n) is 14.8. The van der Waals surface area contributed by atoms with Gasteiger partial charge in [0.25, 0.3) is 0 Å². The first-order chi connectivity index (χ1) is 27.8. The molecule has 2 heterocycles. The Kier molecular flexibility index (Phi) is 6.81. The lowest BCUT2D eigenvalue weighted by Gasteiger charge is -2.40. The maximum absolute atomic E-state index is 6.26. The molecule has 0 amide bonds. The predicted molar refractivity (Wildman–Crippen MR) is 233 cm³/mol. The summed E-state index contributed by atoms with van der Waals surface area (Å²) in [5.41, 5.74) is 14.9. The molecule has 262 valence electrons. The molecule has 1 aromatic heterocycles. The monoisotopic (exact) mass is 731 g/mol. The number of benzene rings is 9. The number of fused-ring (bicyclic) bond motifs is 13. The highest BCUT2D eigenvalue weighted by molar-refractivity contribution is 7.99. The molecule has 10 aromatic rings. The van der Waals surface area contributed by atoms with Crippen molar-refractivity contribution in [2.45, 2.75) is 15.2 Å². The van der Waals surface area contributed by atoms with Crippen LogP contribution in [-0.4, -0.2) is 0 Å². The average molecular weight is 732 g/mol. The molecule has 0 bridgehead atoms. The van der Waals surface area contributed by atoms with Crippen LogP contribution in [0.5, 0.6) is 0 Å². The van der Waals surface area contributed by atoms with Gasteiger partial charge in [0.05, 0.1) is 5.41 Å². The number of hydrogen-bond donors (Lipinski definition) is 0. The Bertz CT molecular complexity index is 3130. The first-order valence-corrected chi connectivity index (χ1v) is 20.0. The molecule has 3 heteroatoms. The van der Waals surface area contributed by atoms with Gasteiger partial charge >= 0.3 is 0 Å². The van der Waals surface area contributed by atoms with Gasteiger partial charge < -0.3 is 9.32 Å². The third kappa shape index (κ3) is 4.46. The van der Waals surface area contributed by atoms with Gasteiger partial charge in [-0.05, 0) is 128 Å². The number of nitrogens with zero attached hydrogens (tertiary/aromatic N) is 1. The first-order valence-electron chi connectivity index (χ1n) is 19.2. The van der Waals surface area contributed by atoms with Crippen molar-refractivity contribution in [1.29, 1.82) is 0 Å². The van der Waals surface area contributed by atoms with Crippen molar-refractivity contribution in [3.05, 3.63) is 222 Å². The van der Waals surface area contributed by atoms with E-state index in [4.69, 9.17) is 4.42 Å². The van der Waals surface area contributed by atoms with Crippen LogP contribution in [0.3, 0.4) is 0 Å². The summed E-state index contributed by atoms with van der Waals surface area (Å²) in [4.78, 5) is 5.01. The van der Waals surface area contributed by atoms with Gasteiger partial charge in [0.2, 0.25) is 0 Å². The van der Waals surface area contributed by atoms with E-state index in [9.17, 15) is 0 Å². The van der Waals surface area contributed by atoms with E-state index in [0.717, 1.165) is 44.6 Å². The molecule has 0 unspecified atom stereocenters. The van der Waals surface area contributed by atoms with Gasteiger partial charge in [-0.2, -0.15) is 0 Å². The molecule has 1 spiro atoms. The van der Waals surface area contributed by atoms with Crippen molar-refractivity contribution >= 4 is 61.5 Å². The fourth-order valence-corrected chi connectivity index (χ4v) is 10.7. The van der Waals surface area contributed by atoms with E-state index in [1.54, 1.807) is 0 Å². The molecular weight excluding hydrogens is 699 g/mol. The van der Waals surface area contributed by atoms with Crippen molar-refractivity contribution in [3.8, 4) is 22.3 Å². The van der Waals surface area contributed by atoms with Gasteiger partial charge in [-0.25, -0.2) is 0 Å². The van der Waals surface area contributed by atoms with E-state index in [2.05, 4.69) is 193 Å². The SMILES string of the molecule is c1ccc(N(c2ccc(-c3cccc4oc5ccccc5c34)cc2)c2ccc3c(c2)C2(c4ccccc4Sc4ccccc42)c2cc4ccccc4cc2-3)cc1. The quantitative estimate of drug-likeness (QED) is 0.179. The highest BCUT2D eigenvalue weighted by Crippen LogP contribution is 2.63. The summed E-state index contributed by atoms with van der Waals surface area (Å²) in [5.74, 6) is 0. The zero-order valence-corrected chi connectivity index (χ0v) is 31.1. The summed E-state index contributed by atoms with van der Waals surface area (Å²) >= 11 is 1.89. The Morgan fingerprint density at radius 2 is 1.00 bits per heavy atom. The minimum atomic E-state index is -0.485. The molecule has 2 aliphatic rings. The van der Waals surface area contributed by atoms with Gasteiger partial charge in [-0.15, -0.1) is 0 Å². The Hall–Kier alpha value is -6.81. The van der Waals surface area contributed by atoms with Gasteiger partial charge in [0.1, 0.15) is 11.2 Å². The van der Waals surface area contributed by atoms with E-state index in [-0.39, 0.29) is 0 Å². The molecular formula is C53H33NOS. The molecule has 0 saturated heterocycles. The fraction of sp³-hybridized carbons (Fsp3) is 0.0189. The lowest BCUT2D eigenvalue weighted by atomic mass is 9.67. The average Bonchev–Trinajstić information content (AvgIpc) is 3.77. The Morgan fingerprint density at radius 3 is 1.79 bits per heavy atom. The van der Waals surface area contributed by atoms with Gasteiger partial charge in [0.15, 0.2) is 0 Å². The molecule has 2 nitrogen and oxygen atoms in total. The lowest BCUT2D eigenvalue weighted by Crippen LogP contribution is -2.32. The summed E-state index contributed by atoms with van der Waals surface area (Å²) in [6.07, 6.45) is 0. The predicted octanol–water partition coefficient (Wildman–Crippen LogP) is 14.7. The number of rotatable bonds is 4. The van der Waals surface area contributed by atoms with Gasteiger partial charge in [0, 0.05) is 37.6 Å². The van der Waals surface area contributed by atoms with Crippen molar-refractivity contribution in [2.24, 2.45) is 0 Å². The molecule has 1 aliphatic heterocycles. The normalized spacial score (nSPS) is 13.4. The van der Waals surface area contributed by atoms with E-state index < -0.39 is 5.41 Å². The maximum atomic E-state index is 6.26. The molecule has 56 heavy (non-hydrogen) atoms. The van der Waals surface area contributed by atoms with Crippen molar-refractivity contribution in [1.82, 2.24) is 0 Å². The van der Waals surface area contributed by atoms with Crippen molar-refractivity contribution < 1.29 is 4.42 Å². The van der Waals surface area contributed by atoms with E-state index in [1.165, 1.54) is 59.5 Å². The topological polar surface area (TPSA) is 16.4 Å². The molecule has 0 fully saturated rings. The van der Waals surface area contributed by atoms with Gasteiger partial charge in [-0.1, -0.05) is 139 Å². The van der Waals surface area contributed by atoms with Crippen LogP contribution in [0.25, 0.3) is 55.0 Å². The molecule has 0 saturated carbocycles. The van der Waals surface area contributed by atoms with Crippen LogP contribution in [0, 0.1) is 0 Å². The zero-order chi connectivity index (χ0) is 36.8. The standard InChI is InChI=1S/C53H33NOS/c1-2-15-37(16-3-1)54(38-27-25-34(26-28-38)40-18-12-22-49-52(40)42-17-6-9-21-48(42)55-49)39-29-30-41-43-31-35-13-4-5-14-36(35)32-46(43)53(47(41)33-39)44-19-7-10-23-50(44)56-51-24-11-8-20-45(51)53/h1-33H. The minimum absolute atomic E-state index is 0.485. The summed E-state index contributed by atoms with van der Waals surface area (Å²) in [7, 11) is 0. The number of para-hydroxylation sites is 2. The van der Waals surface area contributed by atoms with Crippen LogP contribution in [0.4, 0.5) is 17.1 Å². The Morgan fingerprint density at radius 1 is 0.393 bits per heavy atom. The number of furan rings is 1. The van der Waals surface area contributed by atoms with Gasteiger partial charge in [-0.3, -0.25) is 0 Å². The number of hydrogen-bond acceptors (Lipinski definition) is 3. The third-order valence-corrected chi connectivity index (χ3v) is 13.1. The summed E-state index contributed by atoms with van der Waals surface area (Å²) in [5, 5.41) is 4.81. The molecule has 1 aliphatic carbocycles. The molecule has 0 N–H and O–H groups in total. The Balaban J connectivity index is 1.08. The number of anilines is 3. The van der Waals surface area contributed by atoms with E-state index in [1.807, 2.05) is 23.9 Å². The Labute approximate surface area is 329 Å².